The largest absolute Gasteiger partial charge is 0.263 e. The molecule has 1 aromatic rings. The quantitative estimate of drug-likeness (QED) is 0.721. The van der Waals surface area contributed by atoms with Crippen LogP contribution in [0, 0.1) is 0 Å². The van der Waals surface area contributed by atoms with E-state index >= 15 is 0 Å². The van der Waals surface area contributed by atoms with E-state index in [2.05, 4.69) is 32.7 Å². The molecule has 0 N–H and O–H groups in total. The lowest BCUT2D eigenvalue weighted by Gasteiger charge is -2.25. The number of hydrogen-bond acceptors (Lipinski definition) is 1. The molecular weight excluding hydrogens is 216 g/mol. The van der Waals surface area contributed by atoms with Crippen LogP contribution in [0.3, 0.4) is 0 Å². The number of rotatable bonds is 2. The lowest BCUT2D eigenvalue weighted by atomic mass is 9.87. The van der Waals surface area contributed by atoms with Crippen molar-refractivity contribution in [2.24, 2.45) is 0 Å². The van der Waals surface area contributed by atoms with Crippen LogP contribution in [0.1, 0.15) is 40.2 Å². The molecule has 2 heteroatoms. The molecular formula is C14H22OS. The van der Waals surface area contributed by atoms with Gasteiger partial charge >= 0.3 is 0 Å². The van der Waals surface area contributed by atoms with E-state index in [9.17, 15) is 4.21 Å². The molecule has 0 aliphatic rings. The topological polar surface area (TPSA) is 17.1 Å². The second kappa shape index (κ2) is 4.25. The maximum Gasteiger partial charge on any atom is 0.0344 e. The first-order valence-corrected chi connectivity index (χ1v) is 7.42. The average molecular weight is 238 g/mol. The molecule has 1 aromatic carbocycles. The van der Waals surface area contributed by atoms with Crippen molar-refractivity contribution in [2.75, 3.05) is 0 Å². The summed E-state index contributed by atoms with van der Waals surface area (Å²) in [5, 5.41) is 0.0657. The molecule has 0 aliphatic heterocycles. The van der Waals surface area contributed by atoms with Crippen molar-refractivity contribution in [3.8, 4) is 0 Å². The molecule has 16 heavy (non-hydrogen) atoms. The third-order valence-corrected chi connectivity index (χ3v) is 5.45. The van der Waals surface area contributed by atoms with Gasteiger partial charge in [0.2, 0.25) is 0 Å². The highest BCUT2D eigenvalue weighted by Gasteiger charge is 2.23. The molecule has 1 atom stereocenters. The zero-order chi connectivity index (χ0) is 12.6. The van der Waals surface area contributed by atoms with Gasteiger partial charge in [-0.3, -0.25) is 4.21 Å². The minimum Gasteiger partial charge on any atom is -0.263 e. The lowest BCUT2D eigenvalue weighted by Crippen LogP contribution is -2.21. The second-order valence-corrected chi connectivity index (χ2v) is 8.36. The molecule has 0 aliphatic carbocycles. The third-order valence-electron chi connectivity index (χ3n) is 2.83. The summed E-state index contributed by atoms with van der Waals surface area (Å²) >= 11 is 0. The standard InChI is InChI=1S/C14H22OS/c1-11(2)16(6,15)13-10-8-7-9-12(13)14(3,4)5/h7-11H,6H2,1-5H3. The molecule has 0 aromatic heterocycles. The molecule has 0 radical (unpaired) electrons. The lowest BCUT2D eigenvalue weighted by molar-refractivity contribution is 0.574. The van der Waals surface area contributed by atoms with Crippen LogP contribution in [0.4, 0.5) is 0 Å². The predicted molar refractivity (Wildman–Crippen MR) is 73.8 cm³/mol. The highest BCUT2D eigenvalue weighted by Crippen LogP contribution is 2.30. The van der Waals surface area contributed by atoms with Crippen LogP contribution in [0.15, 0.2) is 29.2 Å². The van der Waals surface area contributed by atoms with Crippen LogP contribution in [0.25, 0.3) is 0 Å². The summed E-state index contributed by atoms with van der Waals surface area (Å²) in [5.74, 6) is 3.94. The number of hydrogen-bond donors (Lipinski definition) is 0. The predicted octanol–water partition coefficient (Wildman–Crippen LogP) is 3.47. The molecule has 0 saturated heterocycles. The zero-order valence-corrected chi connectivity index (χ0v) is 11.7. The van der Waals surface area contributed by atoms with Crippen LogP contribution >= 0.6 is 0 Å². The third kappa shape index (κ3) is 2.49. The molecule has 0 saturated carbocycles. The summed E-state index contributed by atoms with van der Waals surface area (Å²) in [5.41, 5.74) is 1.15. The fourth-order valence-corrected chi connectivity index (χ4v) is 3.20. The van der Waals surface area contributed by atoms with Gasteiger partial charge in [-0.05, 0) is 32.4 Å². The van der Waals surface area contributed by atoms with Gasteiger partial charge in [-0.1, -0.05) is 52.8 Å². The van der Waals surface area contributed by atoms with Gasteiger partial charge in [0.05, 0.1) is 0 Å². The Kier molecular flexibility index (Phi) is 3.53. The van der Waals surface area contributed by atoms with E-state index in [0.717, 1.165) is 10.5 Å². The van der Waals surface area contributed by atoms with Crippen LogP contribution < -0.4 is 0 Å². The van der Waals surface area contributed by atoms with E-state index in [1.807, 2.05) is 32.0 Å². The SMILES string of the molecule is C=S(=O)(c1ccccc1C(C)(C)C)C(C)C. The maximum atomic E-state index is 12.6. The minimum absolute atomic E-state index is 0.00579. The molecule has 0 fully saturated rings. The molecule has 0 spiro atoms. The van der Waals surface area contributed by atoms with Gasteiger partial charge in [0, 0.05) is 10.1 Å². The maximum absolute atomic E-state index is 12.6. The van der Waals surface area contributed by atoms with Gasteiger partial charge in [-0.2, -0.15) is 0 Å². The van der Waals surface area contributed by atoms with Crippen molar-refractivity contribution < 1.29 is 4.21 Å². The molecule has 1 rings (SSSR count). The Morgan fingerprint density at radius 3 is 2.12 bits per heavy atom. The van der Waals surface area contributed by atoms with Crippen molar-refractivity contribution in [1.82, 2.24) is 0 Å². The first-order chi connectivity index (χ1) is 7.17. The molecule has 0 bridgehead atoms. The highest BCUT2D eigenvalue weighted by molar-refractivity contribution is 8.00. The van der Waals surface area contributed by atoms with E-state index in [4.69, 9.17) is 0 Å². The molecule has 0 heterocycles. The average Bonchev–Trinajstić information content (AvgIpc) is 2.16. The molecule has 1 unspecified atom stereocenters. The highest BCUT2D eigenvalue weighted by atomic mass is 32.2. The molecule has 0 amide bonds. The summed E-state index contributed by atoms with van der Waals surface area (Å²) in [6.45, 7) is 10.4. The van der Waals surface area contributed by atoms with Crippen molar-refractivity contribution in [2.45, 2.75) is 50.2 Å². The summed E-state index contributed by atoms with van der Waals surface area (Å²) in [6.07, 6.45) is 0. The first-order valence-electron chi connectivity index (χ1n) is 5.63. The summed E-state index contributed by atoms with van der Waals surface area (Å²) in [7, 11) is -2.19. The Hall–Kier alpha value is -0.760. The van der Waals surface area contributed by atoms with E-state index in [1.165, 1.54) is 0 Å². The Morgan fingerprint density at radius 2 is 1.69 bits per heavy atom. The van der Waals surface area contributed by atoms with Crippen LogP contribution in [-0.4, -0.2) is 15.3 Å². The minimum atomic E-state index is -2.19. The molecule has 1 nitrogen and oxygen atoms in total. The second-order valence-electron chi connectivity index (χ2n) is 5.52. The van der Waals surface area contributed by atoms with Crippen LogP contribution in [0.2, 0.25) is 0 Å². The normalized spacial score (nSPS) is 16.1. The monoisotopic (exact) mass is 238 g/mol. The summed E-state index contributed by atoms with van der Waals surface area (Å²) < 4.78 is 12.6. The number of benzene rings is 1. The smallest absolute Gasteiger partial charge is 0.0344 e. The summed E-state index contributed by atoms with van der Waals surface area (Å²) in [6, 6.07) is 7.95. The van der Waals surface area contributed by atoms with Crippen molar-refractivity contribution in [1.29, 1.82) is 0 Å². The van der Waals surface area contributed by atoms with Crippen molar-refractivity contribution in [3.05, 3.63) is 29.8 Å². The van der Waals surface area contributed by atoms with Crippen molar-refractivity contribution >= 4 is 15.4 Å². The first kappa shape index (κ1) is 13.3. The van der Waals surface area contributed by atoms with Gasteiger partial charge in [0.1, 0.15) is 0 Å². The fourth-order valence-electron chi connectivity index (χ4n) is 1.64. The zero-order valence-electron chi connectivity index (χ0n) is 10.9. The van der Waals surface area contributed by atoms with Crippen LogP contribution in [0.5, 0.6) is 0 Å². The molecule has 90 valence electrons. The van der Waals surface area contributed by atoms with E-state index in [0.29, 0.717) is 0 Å². The van der Waals surface area contributed by atoms with Crippen LogP contribution in [-0.2, 0) is 14.9 Å². The van der Waals surface area contributed by atoms with Gasteiger partial charge in [-0.25, -0.2) is 0 Å². The Balaban J connectivity index is 3.48. The Morgan fingerprint density at radius 1 is 1.19 bits per heavy atom. The van der Waals surface area contributed by atoms with Gasteiger partial charge in [-0.15, -0.1) is 0 Å². The van der Waals surface area contributed by atoms with Gasteiger partial charge < -0.3 is 0 Å². The van der Waals surface area contributed by atoms with E-state index < -0.39 is 9.52 Å². The van der Waals surface area contributed by atoms with Gasteiger partial charge in [0.25, 0.3) is 0 Å². The van der Waals surface area contributed by atoms with E-state index in [-0.39, 0.29) is 10.7 Å². The Bertz CT molecular complexity index is 462. The van der Waals surface area contributed by atoms with E-state index in [1.54, 1.807) is 0 Å². The summed E-state index contributed by atoms with van der Waals surface area (Å²) in [4.78, 5) is 0.914. The van der Waals surface area contributed by atoms with Gasteiger partial charge in [0.15, 0.2) is 0 Å². The Labute approximate surface area is 99.9 Å². The fraction of sp³-hybridized carbons (Fsp3) is 0.500. The van der Waals surface area contributed by atoms with Crippen molar-refractivity contribution in [3.63, 3.8) is 0 Å².